The molecule has 172 valence electrons. The number of allylic oxidation sites excluding steroid dienone is 1. The summed E-state index contributed by atoms with van der Waals surface area (Å²) in [7, 11) is 0. The number of fused-ring (bicyclic) bond motifs is 3. The largest absolute Gasteiger partial charge is 0.384 e. The van der Waals surface area contributed by atoms with E-state index in [-0.39, 0.29) is 29.2 Å². The van der Waals surface area contributed by atoms with Crippen LogP contribution in [0.3, 0.4) is 0 Å². The number of amides is 1. The van der Waals surface area contributed by atoms with Gasteiger partial charge in [0, 0.05) is 34.0 Å². The van der Waals surface area contributed by atoms with Gasteiger partial charge in [-0.3, -0.25) is 14.5 Å². The maximum absolute atomic E-state index is 13.8. The van der Waals surface area contributed by atoms with Crippen molar-refractivity contribution in [2.24, 2.45) is 11.1 Å². The Kier molecular flexibility index (Phi) is 4.68. The van der Waals surface area contributed by atoms with Crippen molar-refractivity contribution in [3.05, 3.63) is 81.0 Å². The first-order valence-corrected chi connectivity index (χ1v) is 11.2. The number of benzene rings is 2. The molecule has 1 spiro atoms. The zero-order chi connectivity index (χ0) is 24.6. The summed E-state index contributed by atoms with van der Waals surface area (Å²) in [6, 6.07) is 11.1. The fourth-order valence-electron chi connectivity index (χ4n) is 5.49. The van der Waals surface area contributed by atoms with Gasteiger partial charge in [-0.1, -0.05) is 31.5 Å². The van der Waals surface area contributed by atoms with Crippen LogP contribution in [0.25, 0.3) is 0 Å². The molecule has 0 bridgehead atoms. The summed E-state index contributed by atoms with van der Waals surface area (Å²) in [6.07, 6.45) is 0.639. The lowest BCUT2D eigenvalue weighted by atomic mass is 9.60. The minimum atomic E-state index is -1.68. The van der Waals surface area contributed by atoms with Crippen molar-refractivity contribution in [3.63, 3.8) is 0 Å². The smallest absolute Gasteiger partial charge is 0.245 e. The molecule has 0 aromatic heterocycles. The Morgan fingerprint density at radius 2 is 1.82 bits per heavy atom. The molecule has 5 rings (SSSR count). The molecule has 2 aromatic carbocycles. The van der Waals surface area contributed by atoms with Gasteiger partial charge >= 0.3 is 0 Å². The van der Waals surface area contributed by atoms with E-state index in [0.717, 1.165) is 0 Å². The molecule has 34 heavy (non-hydrogen) atoms. The molecule has 0 saturated carbocycles. The van der Waals surface area contributed by atoms with E-state index in [0.29, 0.717) is 39.6 Å². The normalized spacial score (nSPS) is 23.1. The van der Waals surface area contributed by atoms with E-state index in [1.54, 1.807) is 36.1 Å². The van der Waals surface area contributed by atoms with Gasteiger partial charge in [0.1, 0.15) is 23.1 Å². The molecule has 6 nitrogen and oxygen atoms in total. The van der Waals surface area contributed by atoms with Crippen molar-refractivity contribution < 1.29 is 14.0 Å². The van der Waals surface area contributed by atoms with Crippen molar-refractivity contribution in [2.45, 2.75) is 39.0 Å². The van der Waals surface area contributed by atoms with Gasteiger partial charge in [-0.05, 0) is 54.7 Å². The van der Waals surface area contributed by atoms with E-state index in [1.807, 2.05) is 13.8 Å². The Labute approximate surface area is 201 Å². The van der Waals surface area contributed by atoms with Crippen molar-refractivity contribution in [1.29, 1.82) is 5.26 Å². The van der Waals surface area contributed by atoms with Gasteiger partial charge in [-0.15, -0.1) is 0 Å². The Bertz CT molecular complexity index is 1400. The van der Waals surface area contributed by atoms with Gasteiger partial charge in [0.15, 0.2) is 5.78 Å². The number of ketones is 1. The molecule has 0 fully saturated rings. The average Bonchev–Trinajstić information content (AvgIpc) is 3.04. The molecule has 0 saturated heterocycles. The first-order valence-electron chi connectivity index (χ1n) is 10.9. The Morgan fingerprint density at radius 3 is 2.47 bits per heavy atom. The highest BCUT2D eigenvalue weighted by atomic mass is 35.5. The van der Waals surface area contributed by atoms with Crippen molar-refractivity contribution in [2.75, 3.05) is 10.2 Å². The first kappa shape index (κ1) is 22.2. The maximum Gasteiger partial charge on any atom is 0.245 e. The zero-order valence-electron chi connectivity index (χ0n) is 18.9. The van der Waals surface area contributed by atoms with Gasteiger partial charge in [0.25, 0.3) is 0 Å². The van der Waals surface area contributed by atoms with Gasteiger partial charge in [0.05, 0.1) is 11.3 Å². The van der Waals surface area contributed by atoms with Crippen LogP contribution in [0.5, 0.6) is 0 Å². The van der Waals surface area contributed by atoms with E-state index in [4.69, 9.17) is 17.3 Å². The molecule has 1 atom stereocenters. The quantitative estimate of drug-likeness (QED) is 0.613. The second-order valence-corrected chi connectivity index (χ2v) is 10.2. The van der Waals surface area contributed by atoms with Crippen molar-refractivity contribution in [3.8, 4) is 6.07 Å². The fraction of sp³-hybridized carbons (Fsp3) is 0.269. The Hall–Kier alpha value is -3.63. The molecule has 1 aliphatic carbocycles. The lowest BCUT2D eigenvalue weighted by Gasteiger charge is -2.46. The van der Waals surface area contributed by atoms with Gasteiger partial charge in [-0.25, -0.2) is 4.39 Å². The highest BCUT2D eigenvalue weighted by Crippen LogP contribution is 2.57. The first-order chi connectivity index (χ1) is 16.0. The lowest BCUT2D eigenvalue weighted by molar-refractivity contribution is -0.123. The number of nitrogens with zero attached hydrogens (tertiary/aromatic N) is 2. The topological polar surface area (TPSA) is 99.2 Å². The highest BCUT2D eigenvalue weighted by molar-refractivity contribution is 6.32. The molecule has 8 heteroatoms. The Morgan fingerprint density at radius 1 is 1.15 bits per heavy atom. The third kappa shape index (κ3) is 2.78. The van der Waals surface area contributed by atoms with Crippen LogP contribution in [0.4, 0.5) is 15.8 Å². The predicted octanol–water partition coefficient (Wildman–Crippen LogP) is 4.83. The minimum Gasteiger partial charge on any atom is -0.384 e. The summed E-state index contributed by atoms with van der Waals surface area (Å²) in [5.41, 5.74) is 7.39. The third-order valence-electron chi connectivity index (χ3n) is 6.95. The number of rotatable bonds is 1. The van der Waals surface area contributed by atoms with Crippen LogP contribution in [-0.2, 0) is 15.0 Å². The van der Waals surface area contributed by atoms with E-state index in [1.165, 1.54) is 12.1 Å². The van der Waals surface area contributed by atoms with Crippen molar-refractivity contribution in [1.82, 2.24) is 0 Å². The maximum atomic E-state index is 13.8. The molecule has 3 aliphatic rings. The summed E-state index contributed by atoms with van der Waals surface area (Å²) < 4.78 is 13.7. The van der Waals surface area contributed by atoms with Crippen LogP contribution in [0.15, 0.2) is 59.1 Å². The zero-order valence-corrected chi connectivity index (χ0v) is 19.7. The Balaban J connectivity index is 1.91. The number of halogens is 2. The third-order valence-corrected chi connectivity index (χ3v) is 7.36. The van der Waals surface area contributed by atoms with Gasteiger partial charge < -0.3 is 11.1 Å². The summed E-state index contributed by atoms with van der Waals surface area (Å²) in [6.45, 7) is 5.71. The molecule has 1 unspecified atom stereocenters. The van der Waals surface area contributed by atoms with Gasteiger partial charge in [0.2, 0.25) is 5.91 Å². The van der Waals surface area contributed by atoms with E-state index < -0.39 is 22.6 Å². The number of hydrogen-bond donors (Lipinski definition) is 2. The molecule has 2 aliphatic heterocycles. The van der Waals surface area contributed by atoms with Gasteiger partial charge in [-0.2, -0.15) is 5.26 Å². The lowest BCUT2D eigenvalue weighted by Crippen LogP contribution is -2.52. The standard InChI is InChI=1S/C26H22ClFN4O2/c1-13-18(27)9-8-16-22(13)31-24(34)26(16)17(12-29)23(30)32(15-6-4-14(28)5-7-15)19-10-25(2,3)11-20(33)21(19)26/h4-9H,10-11,30H2,1-3H3,(H,31,34). The summed E-state index contributed by atoms with van der Waals surface area (Å²) in [4.78, 5) is 29.2. The molecule has 3 N–H and O–H groups in total. The molecule has 2 heterocycles. The SMILES string of the molecule is Cc1c(Cl)ccc2c1NC(=O)C21C(C#N)=C(N)N(c2ccc(F)cc2)C2=C1C(=O)CC(C)(C)C2. The number of nitrogens with two attached hydrogens (primary N) is 1. The average molecular weight is 477 g/mol. The number of nitrogens with one attached hydrogen (secondary N) is 1. The molecular formula is C26H22ClFN4O2. The molecule has 2 aromatic rings. The van der Waals surface area contributed by atoms with E-state index in [2.05, 4.69) is 11.4 Å². The van der Waals surface area contributed by atoms with Crippen LogP contribution >= 0.6 is 11.6 Å². The fourth-order valence-corrected chi connectivity index (χ4v) is 5.65. The monoisotopic (exact) mass is 476 g/mol. The number of hydrogen-bond acceptors (Lipinski definition) is 5. The van der Waals surface area contributed by atoms with Crippen molar-refractivity contribution >= 4 is 34.7 Å². The summed E-state index contributed by atoms with van der Waals surface area (Å²) >= 11 is 6.31. The summed E-state index contributed by atoms with van der Waals surface area (Å²) in [5.74, 6) is -1.12. The number of nitriles is 1. The second-order valence-electron chi connectivity index (χ2n) is 9.75. The van der Waals surface area contributed by atoms with Crippen LogP contribution < -0.4 is 16.0 Å². The number of carbonyl (C=O) groups is 2. The number of carbonyl (C=O) groups excluding carboxylic acids is 2. The van der Waals surface area contributed by atoms with E-state index in [9.17, 15) is 19.2 Å². The number of Topliss-reactive ketones (excluding diaryl/α,β-unsaturated/α-hetero) is 1. The molecule has 0 radical (unpaired) electrons. The van der Waals surface area contributed by atoms with Crippen LogP contribution in [-0.4, -0.2) is 11.7 Å². The molecule has 1 amide bonds. The number of anilines is 2. The predicted molar refractivity (Wildman–Crippen MR) is 127 cm³/mol. The van der Waals surface area contributed by atoms with Crippen LogP contribution in [0, 0.1) is 29.5 Å². The van der Waals surface area contributed by atoms with Crippen LogP contribution in [0.2, 0.25) is 5.02 Å². The van der Waals surface area contributed by atoms with E-state index >= 15 is 0 Å². The minimum absolute atomic E-state index is 0.0361. The second kappa shape index (κ2) is 7.18. The summed E-state index contributed by atoms with van der Waals surface area (Å²) in [5, 5.41) is 13.7. The molecular weight excluding hydrogens is 455 g/mol. The highest BCUT2D eigenvalue weighted by Gasteiger charge is 2.61. The van der Waals surface area contributed by atoms with Crippen LogP contribution in [0.1, 0.15) is 37.8 Å².